The number of hydrogen-bond donors (Lipinski definition) is 0. The Bertz CT molecular complexity index is 3200. The summed E-state index contributed by atoms with van der Waals surface area (Å²) in [5, 5.41) is 4.71. The molecule has 0 bridgehead atoms. The molecule has 3 aromatic heterocycles. The van der Waals surface area contributed by atoms with E-state index >= 15 is 0 Å². The SMILES string of the molecule is CC(C)(C)c1ccnc(-n2c3[c-]c(Oc4[c-]c5c(cc4)[Si]c4cccc6c4n-5[c-][n+]6-c4ccccc4)ccc3c3c(-c4ccccc4)cc(-c4ccccc4)cc32)c1.[Pt]. The minimum absolute atomic E-state index is 0. The second kappa shape index (κ2) is 14.5. The molecule has 0 amide bonds. The molecule has 11 rings (SSSR count). The number of aromatic nitrogens is 4. The Morgan fingerprint density at radius 2 is 1.37 bits per heavy atom. The van der Waals surface area contributed by atoms with Crippen molar-refractivity contribution in [2.24, 2.45) is 0 Å². The first-order chi connectivity index (χ1) is 28.4. The molecule has 0 atom stereocenters. The normalized spacial score (nSPS) is 12.1. The van der Waals surface area contributed by atoms with Crippen LogP contribution in [0.15, 0.2) is 164 Å². The van der Waals surface area contributed by atoms with Gasteiger partial charge in [0.15, 0.2) is 0 Å². The molecule has 1 aliphatic heterocycles. The zero-order valence-electron chi connectivity index (χ0n) is 32.6. The van der Waals surface area contributed by atoms with E-state index in [2.05, 4.69) is 192 Å². The number of hydrogen-bond acceptors (Lipinski definition) is 2. The molecule has 0 spiro atoms. The first-order valence-electron chi connectivity index (χ1n) is 19.6. The molecule has 7 aromatic carbocycles. The van der Waals surface area contributed by atoms with Crippen LogP contribution in [0.25, 0.3) is 72.3 Å². The van der Waals surface area contributed by atoms with Crippen molar-refractivity contribution < 1.29 is 30.4 Å². The zero-order valence-corrected chi connectivity index (χ0v) is 35.9. The summed E-state index contributed by atoms with van der Waals surface area (Å²) in [6.07, 6.45) is 5.56. The summed E-state index contributed by atoms with van der Waals surface area (Å²) < 4.78 is 13.3. The maximum absolute atomic E-state index is 6.72. The summed E-state index contributed by atoms with van der Waals surface area (Å²) in [4.78, 5) is 5.01. The van der Waals surface area contributed by atoms with Crippen LogP contribution in [0, 0.1) is 18.5 Å². The van der Waals surface area contributed by atoms with Crippen LogP contribution in [0.4, 0.5) is 0 Å². The van der Waals surface area contributed by atoms with Crippen molar-refractivity contribution in [3.8, 4) is 50.9 Å². The van der Waals surface area contributed by atoms with Gasteiger partial charge in [-0.3, -0.25) is 4.57 Å². The number of ether oxygens (including phenoxy) is 1. The summed E-state index contributed by atoms with van der Waals surface area (Å²) >= 11 is 0. The van der Waals surface area contributed by atoms with Crippen molar-refractivity contribution in [2.75, 3.05) is 0 Å². The van der Waals surface area contributed by atoms with Gasteiger partial charge in [-0.05, 0) is 80.7 Å². The van der Waals surface area contributed by atoms with Gasteiger partial charge in [-0.1, -0.05) is 129 Å². The number of fused-ring (bicyclic) bond motifs is 5. The number of para-hydroxylation sites is 2. The van der Waals surface area contributed by atoms with Crippen LogP contribution in [0.2, 0.25) is 0 Å². The fourth-order valence-electron chi connectivity index (χ4n) is 8.25. The average Bonchev–Trinajstić information content (AvgIpc) is 3.81. The van der Waals surface area contributed by atoms with Gasteiger partial charge in [-0.2, -0.15) is 12.1 Å². The van der Waals surface area contributed by atoms with Crippen molar-refractivity contribution in [3.63, 3.8) is 0 Å². The molecule has 0 saturated heterocycles. The standard InChI is InChI=1S/C52H36N4OSi.Pt/c1-52(2,3)37-26-27-53-49(30-37)56-44-31-39(22-24-41(44)50-42(35-16-9-5-10-17-35)28-36(29-46(50)56)34-14-7-4-8-15-34)57-40-23-25-47-45(32-40)55-33-54(38-18-11-6-12-19-38)43-20-13-21-48(58-47)51(43)55;/h4-30H,1-3H3;/q-2;. The van der Waals surface area contributed by atoms with Gasteiger partial charge in [0.2, 0.25) is 0 Å². The van der Waals surface area contributed by atoms with Gasteiger partial charge < -0.3 is 13.9 Å². The van der Waals surface area contributed by atoms with E-state index in [9.17, 15) is 0 Å². The van der Waals surface area contributed by atoms with E-state index in [0.717, 1.165) is 72.3 Å². The molecule has 10 aromatic rings. The molecule has 0 N–H and O–H groups in total. The third kappa shape index (κ3) is 6.35. The fraction of sp³-hybridized carbons (Fsp3) is 0.0769. The van der Waals surface area contributed by atoms with Crippen LogP contribution in [-0.2, 0) is 26.5 Å². The van der Waals surface area contributed by atoms with Gasteiger partial charge in [0, 0.05) is 53.8 Å². The van der Waals surface area contributed by atoms with E-state index < -0.39 is 0 Å². The Morgan fingerprint density at radius 3 is 2.14 bits per heavy atom. The zero-order chi connectivity index (χ0) is 39.0. The van der Waals surface area contributed by atoms with Crippen molar-refractivity contribution in [1.82, 2.24) is 14.1 Å². The van der Waals surface area contributed by atoms with Crippen molar-refractivity contribution >= 4 is 52.7 Å². The first-order valence-corrected chi connectivity index (χ1v) is 20.6. The number of pyridine rings is 1. The minimum atomic E-state index is -0.0642. The van der Waals surface area contributed by atoms with E-state index in [4.69, 9.17) is 9.72 Å². The summed E-state index contributed by atoms with van der Waals surface area (Å²) in [6.45, 7) is 6.72. The van der Waals surface area contributed by atoms with Gasteiger partial charge in [-0.25, -0.2) is 4.98 Å². The Balaban J connectivity index is 0.00000420. The smallest absolute Gasteiger partial charge is 0.268 e. The first kappa shape index (κ1) is 37.0. The molecule has 5 nitrogen and oxygen atoms in total. The van der Waals surface area contributed by atoms with Gasteiger partial charge in [0.05, 0.1) is 16.7 Å². The summed E-state index contributed by atoms with van der Waals surface area (Å²) in [6, 6.07) is 62.9. The van der Waals surface area contributed by atoms with E-state index in [1.807, 2.05) is 24.4 Å². The summed E-state index contributed by atoms with van der Waals surface area (Å²) in [5.41, 5.74) is 12.0. The average molecular weight is 956 g/mol. The Labute approximate surface area is 360 Å². The molecule has 286 valence electrons. The van der Waals surface area contributed by atoms with Gasteiger partial charge in [0.1, 0.15) is 5.82 Å². The van der Waals surface area contributed by atoms with E-state index in [-0.39, 0.29) is 26.5 Å². The molecule has 59 heavy (non-hydrogen) atoms. The summed E-state index contributed by atoms with van der Waals surface area (Å²) in [7, 11) is 0.497. The van der Waals surface area contributed by atoms with Crippen LogP contribution >= 0.6 is 0 Å². The second-order valence-corrected chi connectivity index (χ2v) is 17.1. The third-order valence-corrected chi connectivity index (χ3v) is 12.4. The molecule has 0 saturated carbocycles. The Morgan fingerprint density at radius 1 is 0.661 bits per heavy atom. The summed E-state index contributed by atoms with van der Waals surface area (Å²) in [5.74, 6) is 2.06. The number of rotatable bonds is 6. The van der Waals surface area contributed by atoms with Crippen LogP contribution in [-0.4, -0.2) is 23.6 Å². The van der Waals surface area contributed by atoms with Crippen LogP contribution < -0.4 is 19.7 Å². The fourth-order valence-corrected chi connectivity index (χ4v) is 9.53. The molecule has 2 radical (unpaired) electrons. The predicted octanol–water partition coefficient (Wildman–Crippen LogP) is 10.2. The quantitative estimate of drug-likeness (QED) is 0.0946. The number of imidazole rings is 1. The Kier molecular flexibility index (Phi) is 9.08. The van der Waals surface area contributed by atoms with Gasteiger partial charge in [-0.15, -0.1) is 34.8 Å². The van der Waals surface area contributed by atoms with E-state index in [0.29, 0.717) is 21.0 Å². The van der Waals surface area contributed by atoms with Crippen molar-refractivity contribution in [2.45, 2.75) is 26.2 Å². The largest absolute Gasteiger partial charge is 0.510 e. The van der Waals surface area contributed by atoms with Crippen molar-refractivity contribution in [3.05, 3.63) is 188 Å². The maximum atomic E-state index is 6.72. The van der Waals surface area contributed by atoms with Crippen LogP contribution in [0.3, 0.4) is 0 Å². The molecule has 1 aliphatic rings. The third-order valence-electron chi connectivity index (χ3n) is 11.1. The molecular weight excluding hydrogens is 920 g/mol. The predicted molar refractivity (Wildman–Crippen MR) is 235 cm³/mol. The molecular formula is C52H36N4OPtSi-2. The topological polar surface area (TPSA) is 35.9 Å². The van der Waals surface area contributed by atoms with Crippen LogP contribution in [0.1, 0.15) is 26.3 Å². The Hall–Kier alpha value is -6.33. The molecule has 7 heteroatoms. The van der Waals surface area contributed by atoms with E-state index in [1.54, 1.807) is 0 Å². The van der Waals surface area contributed by atoms with Crippen LogP contribution in [0.5, 0.6) is 11.5 Å². The minimum Gasteiger partial charge on any atom is -0.510 e. The van der Waals surface area contributed by atoms with E-state index in [1.165, 1.54) is 15.9 Å². The number of benzene rings is 7. The molecule has 0 aliphatic carbocycles. The second-order valence-electron chi connectivity index (χ2n) is 15.8. The molecule has 4 heterocycles. The monoisotopic (exact) mass is 955 g/mol. The molecule has 0 unspecified atom stereocenters. The molecule has 0 fully saturated rings. The van der Waals surface area contributed by atoms with Gasteiger partial charge >= 0.3 is 0 Å². The number of nitrogens with zero attached hydrogens (tertiary/aromatic N) is 4. The maximum Gasteiger partial charge on any atom is 0.268 e. The van der Waals surface area contributed by atoms with Crippen molar-refractivity contribution in [1.29, 1.82) is 0 Å². The van der Waals surface area contributed by atoms with Gasteiger partial charge in [0.25, 0.3) is 6.33 Å².